The average Bonchev–Trinajstić information content (AvgIpc) is 2.94. The quantitative estimate of drug-likeness (QED) is 0.707. The van der Waals surface area contributed by atoms with E-state index < -0.39 is 0 Å². The Labute approximate surface area is 149 Å². The van der Waals surface area contributed by atoms with Gasteiger partial charge in [0.15, 0.2) is 0 Å². The van der Waals surface area contributed by atoms with Crippen LogP contribution in [0.1, 0.15) is 29.1 Å². The lowest BCUT2D eigenvalue weighted by Crippen LogP contribution is -2.28. The minimum absolute atomic E-state index is 0.112. The minimum atomic E-state index is -0.225. The summed E-state index contributed by atoms with van der Waals surface area (Å²) in [7, 11) is 0. The summed E-state index contributed by atoms with van der Waals surface area (Å²) in [6.07, 6.45) is 0. The highest BCUT2D eigenvalue weighted by Gasteiger charge is 2.19. The number of amides is 1. The van der Waals surface area contributed by atoms with Gasteiger partial charge in [0, 0.05) is 10.0 Å². The van der Waals surface area contributed by atoms with Crippen LogP contribution in [-0.4, -0.2) is 15.5 Å². The van der Waals surface area contributed by atoms with Crippen LogP contribution >= 0.6 is 15.9 Å². The number of fused-ring (bicyclic) bond motifs is 1. The lowest BCUT2D eigenvalue weighted by Gasteiger charge is -2.16. The molecule has 0 aliphatic heterocycles. The van der Waals surface area contributed by atoms with Crippen LogP contribution in [0, 0.1) is 0 Å². The maximum atomic E-state index is 12.4. The largest absolute Gasteiger partial charge is 0.342 e. The summed E-state index contributed by atoms with van der Waals surface area (Å²) in [5, 5.41) is 3.02. The molecule has 0 aliphatic carbocycles. The highest BCUT2D eigenvalue weighted by Crippen LogP contribution is 2.23. The molecule has 3 rings (SSSR count). The Morgan fingerprint density at radius 1 is 1.21 bits per heavy atom. The van der Waals surface area contributed by atoms with Gasteiger partial charge in [-0.25, -0.2) is 4.98 Å². The van der Waals surface area contributed by atoms with Crippen molar-refractivity contribution in [2.75, 3.05) is 0 Å². The van der Waals surface area contributed by atoms with E-state index in [4.69, 9.17) is 4.98 Å². The number of allylic oxidation sites excluding steroid dienone is 1. The maximum absolute atomic E-state index is 12.4. The van der Waals surface area contributed by atoms with Gasteiger partial charge in [0.05, 0.1) is 23.6 Å². The van der Waals surface area contributed by atoms with Crippen LogP contribution in [0.3, 0.4) is 0 Å². The Kier molecular flexibility index (Phi) is 4.81. The summed E-state index contributed by atoms with van der Waals surface area (Å²) in [5.41, 5.74) is 2.56. The number of nitrogens with zero attached hydrogens (tertiary/aromatic N) is 2. The number of halogens is 1. The van der Waals surface area contributed by atoms with Crippen molar-refractivity contribution in [3.63, 3.8) is 0 Å². The third-order valence-corrected chi connectivity index (χ3v) is 4.04. The summed E-state index contributed by atoms with van der Waals surface area (Å²) in [6, 6.07) is 16.9. The predicted octanol–water partition coefficient (Wildman–Crippen LogP) is 4.44. The van der Waals surface area contributed by atoms with E-state index in [-0.39, 0.29) is 11.9 Å². The third-order valence-electron chi connectivity index (χ3n) is 3.78. The number of imidazole rings is 1. The second-order valence-electron chi connectivity index (χ2n) is 5.62. The number of nitrogens with one attached hydrogen (secondary N) is 1. The molecule has 0 radical (unpaired) electrons. The molecule has 4 nitrogen and oxygen atoms in total. The molecule has 5 heteroatoms. The predicted molar refractivity (Wildman–Crippen MR) is 100 cm³/mol. The van der Waals surface area contributed by atoms with Crippen molar-refractivity contribution in [3.8, 4) is 0 Å². The molecule has 0 bridgehead atoms. The number of rotatable bonds is 5. The van der Waals surface area contributed by atoms with Crippen LogP contribution in [0.4, 0.5) is 0 Å². The summed E-state index contributed by atoms with van der Waals surface area (Å²) < 4.78 is 2.93. The lowest BCUT2D eigenvalue weighted by molar-refractivity contribution is 0.0938. The Morgan fingerprint density at radius 2 is 1.88 bits per heavy atom. The fraction of sp³-hybridized carbons (Fsp3) is 0.158. The molecule has 0 saturated heterocycles. The molecule has 3 aromatic rings. The van der Waals surface area contributed by atoms with Crippen molar-refractivity contribution in [3.05, 3.63) is 77.0 Å². The molecule has 2 aromatic carbocycles. The maximum Gasteiger partial charge on any atom is 0.251 e. The number of benzene rings is 2. The SMILES string of the molecule is C=C(Br)Cn1c(C(C)NC(=O)c2ccccc2)nc2ccccc21. The van der Waals surface area contributed by atoms with Crippen LogP contribution in [0.5, 0.6) is 0 Å². The smallest absolute Gasteiger partial charge is 0.251 e. The zero-order valence-electron chi connectivity index (χ0n) is 13.4. The first-order valence-electron chi connectivity index (χ1n) is 7.70. The van der Waals surface area contributed by atoms with E-state index in [1.54, 1.807) is 12.1 Å². The Balaban J connectivity index is 1.93. The third kappa shape index (κ3) is 3.41. The van der Waals surface area contributed by atoms with Crippen LogP contribution in [0.2, 0.25) is 0 Å². The molecule has 1 atom stereocenters. The first kappa shape index (κ1) is 16.5. The highest BCUT2D eigenvalue weighted by atomic mass is 79.9. The van der Waals surface area contributed by atoms with Gasteiger partial charge in [-0.2, -0.15) is 0 Å². The molecular formula is C19H18BrN3O. The van der Waals surface area contributed by atoms with Gasteiger partial charge in [-0.1, -0.05) is 52.8 Å². The van der Waals surface area contributed by atoms with Gasteiger partial charge >= 0.3 is 0 Å². The molecular weight excluding hydrogens is 366 g/mol. The molecule has 0 spiro atoms. The zero-order valence-corrected chi connectivity index (χ0v) is 15.0. The number of hydrogen-bond acceptors (Lipinski definition) is 2. The Bertz CT molecular complexity index is 886. The number of hydrogen-bond donors (Lipinski definition) is 1. The standard InChI is InChI=1S/C19H18BrN3O/c1-13(20)12-23-17-11-7-6-10-16(17)22-18(23)14(2)21-19(24)15-8-4-3-5-9-15/h3-11,14H,1,12H2,2H3,(H,21,24). The van der Waals surface area contributed by atoms with Gasteiger partial charge < -0.3 is 9.88 Å². The molecule has 0 aliphatic rings. The molecule has 122 valence electrons. The van der Waals surface area contributed by atoms with Crippen molar-refractivity contribution < 1.29 is 4.79 Å². The molecule has 1 heterocycles. The topological polar surface area (TPSA) is 46.9 Å². The molecule has 1 N–H and O–H groups in total. The summed E-state index contributed by atoms with van der Waals surface area (Å²) >= 11 is 3.42. The second-order valence-corrected chi connectivity index (χ2v) is 6.74. The molecule has 1 aromatic heterocycles. The molecule has 0 fully saturated rings. The van der Waals surface area contributed by atoms with E-state index in [0.29, 0.717) is 12.1 Å². The van der Waals surface area contributed by atoms with Gasteiger partial charge in [0.25, 0.3) is 5.91 Å². The lowest BCUT2D eigenvalue weighted by atomic mass is 10.2. The molecule has 1 unspecified atom stereocenters. The van der Waals surface area contributed by atoms with Crippen molar-refractivity contribution in [1.82, 2.24) is 14.9 Å². The molecule has 0 saturated carbocycles. The highest BCUT2D eigenvalue weighted by molar-refractivity contribution is 9.11. The number of carbonyl (C=O) groups excluding carboxylic acids is 1. The first-order valence-corrected chi connectivity index (χ1v) is 8.50. The number of para-hydroxylation sites is 2. The average molecular weight is 384 g/mol. The van der Waals surface area contributed by atoms with Gasteiger partial charge in [-0.05, 0) is 31.2 Å². The fourth-order valence-corrected chi connectivity index (χ4v) is 2.95. The fourth-order valence-electron chi connectivity index (χ4n) is 2.70. The van der Waals surface area contributed by atoms with Crippen LogP contribution in [0.15, 0.2) is 65.7 Å². The monoisotopic (exact) mass is 383 g/mol. The van der Waals surface area contributed by atoms with E-state index in [9.17, 15) is 4.79 Å². The Morgan fingerprint density at radius 3 is 2.58 bits per heavy atom. The minimum Gasteiger partial charge on any atom is -0.342 e. The molecule has 24 heavy (non-hydrogen) atoms. The van der Waals surface area contributed by atoms with Crippen molar-refractivity contribution in [2.45, 2.75) is 19.5 Å². The molecule has 1 amide bonds. The van der Waals surface area contributed by atoms with E-state index >= 15 is 0 Å². The Hall–Kier alpha value is -2.40. The van der Waals surface area contributed by atoms with E-state index in [2.05, 4.69) is 32.4 Å². The number of carbonyl (C=O) groups is 1. The summed E-state index contributed by atoms with van der Waals surface area (Å²) in [5.74, 6) is 0.695. The van der Waals surface area contributed by atoms with E-state index in [0.717, 1.165) is 21.3 Å². The van der Waals surface area contributed by atoms with Crippen molar-refractivity contribution >= 4 is 32.9 Å². The van der Waals surface area contributed by atoms with Gasteiger partial charge in [0.1, 0.15) is 5.82 Å². The van der Waals surface area contributed by atoms with Crippen molar-refractivity contribution in [1.29, 1.82) is 0 Å². The zero-order chi connectivity index (χ0) is 17.1. The first-order chi connectivity index (χ1) is 11.6. The van der Waals surface area contributed by atoms with E-state index in [1.807, 2.05) is 49.4 Å². The van der Waals surface area contributed by atoms with Gasteiger partial charge in [0.2, 0.25) is 0 Å². The van der Waals surface area contributed by atoms with Crippen LogP contribution in [0.25, 0.3) is 11.0 Å². The summed E-state index contributed by atoms with van der Waals surface area (Å²) in [6.45, 7) is 6.47. The van der Waals surface area contributed by atoms with Crippen LogP contribution in [-0.2, 0) is 6.54 Å². The van der Waals surface area contributed by atoms with Gasteiger partial charge in [-0.15, -0.1) is 0 Å². The van der Waals surface area contributed by atoms with Gasteiger partial charge in [-0.3, -0.25) is 4.79 Å². The normalized spacial score (nSPS) is 12.1. The van der Waals surface area contributed by atoms with Crippen molar-refractivity contribution in [2.24, 2.45) is 0 Å². The second kappa shape index (κ2) is 7.01. The number of aromatic nitrogens is 2. The van der Waals surface area contributed by atoms with E-state index in [1.165, 1.54) is 0 Å². The van der Waals surface area contributed by atoms with Crippen LogP contribution < -0.4 is 5.32 Å². The summed E-state index contributed by atoms with van der Waals surface area (Å²) in [4.78, 5) is 17.1.